The van der Waals surface area contributed by atoms with Crippen molar-refractivity contribution in [1.29, 1.82) is 0 Å². The van der Waals surface area contributed by atoms with E-state index >= 15 is 4.79 Å². The van der Waals surface area contributed by atoms with Gasteiger partial charge >= 0.3 is 17.9 Å². The van der Waals surface area contributed by atoms with E-state index in [1.807, 2.05) is 43.1 Å². The summed E-state index contributed by atoms with van der Waals surface area (Å²) in [5.74, 6) is -1.44. The van der Waals surface area contributed by atoms with Crippen LogP contribution in [0.4, 0.5) is 5.69 Å². The Morgan fingerprint density at radius 2 is 1.69 bits per heavy atom. The predicted octanol–water partition coefficient (Wildman–Crippen LogP) is 5.83. The maximum Gasteiger partial charge on any atom is 0.344 e. The molecular formula is C52H62N4O9. The van der Waals surface area contributed by atoms with Crippen LogP contribution in [-0.4, -0.2) is 128 Å². The lowest BCUT2D eigenvalue weighted by atomic mass is 9.47. The third-order valence-corrected chi connectivity index (χ3v) is 16.4. The lowest BCUT2D eigenvalue weighted by molar-refractivity contribution is -0.228. The fraction of sp³-hybridized carbons (Fsp3) is 0.519. The van der Waals surface area contributed by atoms with Crippen LogP contribution in [0.25, 0.3) is 10.9 Å². The minimum absolute atomic E-state index is 0.0454. The van der Waals surface area contributed by atoms with Crippen LogP contribution >= 0.6 is 0 Å². The number of nitrogens with zero attached hydrogens (tertiary/aromatic N) is 3. The van der Waals surface area contributed by atoms with Crippen LogP contribution in [0, 0.1) is 11.3 Å². The molecule has 9 atom stereocenters. The monoisotopic (exact) mass is 886 g/mol. The minimum Gasteiger partial charge on any atom is -0.496 e. The van der Waals surface area contributed by atoms with Crippen LogP contribution in [0.3, 0.4) is 0 Å². The topological polar surface area (TPSA) is 146 Å². The summed E-state index contributed by atoms with van der Waals surface area (Å²) in [5.41, 5.74) is 0.318. The van der Waals surface area contributed by atoms with Crippen LogP contribution < -0.4 is 9.64 Å². The average Bonchev–Trinajstić information content (AvgIpc) is 3.60. The number of fused-ring (bicyclic) bond motifs is 4. The number of carbonyl (C=O) groups is 3. The van der Waals surface area contributed by atoms with Gasteiger partial charge < -0.3 is 38.7 Å². The first-order chi connectivity index (χ1) is 31.2. The summed E-state index contributed by atoms with van der Waals surface area (Å²) in [6, 6.07) is 21.7. The molecule has 13 heteroatoms. The molecule has 10 rings (SSSR count). The van der Waals surface area contributed by atoms with E-state index in [0.717, 1.165) is 52.9 Å². The highest BCUT2D eigenvalue weighted by Gasteiger charge is 2.80. The van der Waals surface area contributed by atoms with E-state index in [9.17, 15) is 14.7 Å². The van der Waals surface area contributed by atoms with E-state index in [0.29, 0.717) is 63.2 Å². The van der Waals surface area contributed by atoms with Crippen molar-refractivity contribution in [3.8, 4) is 5.75 Å². The minimum atomic E-state index is -2.30. The molecule has 6 aliphatic rings. The first kappa shape index (κ1) is 43.7. The zero-order valence-electron chi connectivity index (χ0n) is 38.6. The molecule has 344 valence electrons. The van der Waals surface area contributed by atoms with E-state index in [4.69, 9.17) is 23.7 Å². The van der Waals surface area contributed by atoms with Crippen LogP contribution in [0.5, 0.6) is 5.75 Å². The molecule has 6 heterocycles. The number of epoxide rings is 1. The molecule has 1 spiro atoms. The number of H-pyrrole nitrogens is 1. The van der Waals surface area contributed by atoms with Crippen LogP contribution in [0.2, 0.25) is 0 Å². The van der Waals surface area contributed by atoms with Gasteiger partial charge in [0.1, 0.15) is 11.2 Å². The van der Waals surface area contributed by atoms with Gasteiger partial charge in [-0.3, -0.25) is 19.4 Å². The summed E-state index contributed by atoms with van der Waals surface area (Å²) >= 11 is 0. The molecule has 0 radical (unpaired) electrons. The summed E-state index contributed by atoms with van der Waals surface area (Å²) in [5, 5.41) is 14.5. The first-order valence-corrected chi connectivity index (χ1v) is 23.2. The smallest absolute Gasteiger partial charge is 0.344 e. The summed E-state index contributed by atoms with van der Waals surface area (Å²) in [7, 11) is 6.25. The highest BCUT2D eigenvalue weighted by molar-refractivity contribution is 5.95. The van der Waals surface area contributed by atoms with Gasteiger partial charge in [-0.25, -0.2) is 4.79 Å². The first-order valence-electron chi connectivity index (χ1n) is 23.2. The van der Waals surface area contributed by atoms with Crippen molar-refractivity contribution in [2.24, 2.45) is 11.3 Å². The molecule has 0 unspecified atom stereocenters. The second kappa shape index (κ2) is 15.7. The van der Waals surface area contributed by atoms with Crippen molar-refractivity contribution in [2.75, 3.05) is 66.1 Å². The Labute approximate surface area is 381 Å². The number of aromatic nitrogens is 1. The van der Waals surface area contributed by atoms with Crippen molar-refractivity contribution in [1.82, 2.24) is 14.8 Å². The van der Waals surface area contributed by atoms with Gasteiger partial charge in [-0.15, -0.1) is 0 Å². The summed E-state index contributed by atoms with van der Waals surface area (Å²) < 4.78 is 30.4. The molecule has 0 amide bonds. The Morgan fingerprint density at radius 3 is 2.38 bits per heavy atom. The molecular weight excluding hydrogens is 825 g/mol. The summed E-state index contributed by atoms with van der Waals surface area (Å²) in [4.78, 5) is 54.0. The standard InChI is InChI=1S/C52H62N4O9/c1-8-49-20-14-22-56-24-21-50(43(49)56)37-25-38(41(61-5)26-40(37)54(4)44(50)52(60,47(59)63-7)45(49)65-32(2)57)51(46(58)62-6)28-34(27-48(3)31-64-48)30-55(29-33-15-10-9-11-16-33)23-19-36-35-17-12-13-18-39(35)53-42(36)51/h9-18,20,25-26,34,43-45,53,60H,8,19,21-24,27-31H2,1-7H3/t34-,43-,44+,45+,48-,49+,50+,51-,52-/m0/s1. The number of hydrogen-bond donors (Lipinski definition) is 2. The van der Waals surface area contributed by atoms with Crippen molar-refractivity contribution in [3.05, 3.63) is 107 Å². The van der Waals surface area contributed by atoms with E-state index in [1.54, 1.807) is 7.11 Å². The molecule has 13 nitrogen and oxygen atoms in total. The highest BCUT2D eigenvalue weighted by atomic mass is 16.6. The van der Waals surface area contributed by atoms with Crippen LogP contribution in [0.15, 0.2) is 78.9 Å². The zero-order chi connectivity index (χ0) is 45.7. The maximum atomic E-state index is 15.7. The molecule has 4 aromatic rings. The predicted molar refractivity (Wildman–Crippen MR) is 245 cm³/mol. The number of carbonyl (C=O) groups excluding carboxylic acids is 3. The number of nitrogens with one attached hydrogen (secondary N) is 1. The lowest BCUT2D eigenvalue weighted by Gasteiger charge is -2.63. The number of methoxy groups -OCH3 is 3. The largest absolute Gasteiger partial charge is 0.496 e. The van der Waals surface area contributed by atoms with Crippen molar-refractivity contribution in [2.45, 2.75) is 99.6 Å². The molecule has 2 N–H and O–H groups in total. The Hall–Kier alpha value is -5.21. The maximum absolute atomic E-state index is 15.7. The van der Waals surface area contributed by atoms with Gasteiger partial charge in [0, 0.05) is 90.9 Å². The number of hydrogen-bond acceptors (Lipinski definition) is 12. The van der Waals surface area contributed by atoms with Crippen LogP contribution in [-0.2, 0) is 57.1 Å². The third-order valence-electron chi connectivity index (χ3n) is 16.4. The van der Waals surface area contributed by atoms with Gasteiger partial charge in [-0.05, 0) is 80.3 Å². The Balaban J connectivity index is 1.25. The molecule has 5 aliphatic heterocycles. The number of para-hydroxylation sites is 1. The molecule has 1 aromatic heterocycles. The number of aromatic amines is 1. The molecule has 65 heavy (non-hydrogen) atoms. The number of rotatable bonds is 10. The molecule has 0 bridgehead atoms. The molecule has 1 aliphatic carbocycles. The second-order valence-electron chi connectivity index (χ2n) is 19.9. The molecule has 1 saturated carbocycles. The average molecular weight is 887 g/mol. The number of ether oxygens (including phenoxy) is 5. The normalized spacial score (nSPS) is 33.8. The third kappa shape index (κ3) is 6.28. The highest BCUT2D eigenvalue weighted by Crippen LogP contribution is 2.68. The van der Waals surface area contributed by atoms with E-state index < -0.39 is 51.9 Å². The van der Waals surface area contributed by atoms with Gasteiger partial charge in [0.15, 0.2) is 6.10 Å². The van der Waals surface area contributed by atoms with E-state index in [2.05, 4.69) is 76.3 Å². The fourth-order valence-corrected chi connectivity index (χ4v) is 13.9. The molecule has 2 saturated heterocycles. The lowest BCUT2D eigenvalue weighted by Crippen LogP contribution is -2.81. The van der Waals surface area contributed by atoms with Crippen LogP contribution in [0.1, 0.15) is 74.4 Å². The van der Waals surface area contributed by atoms with E-state index in [-0.39, 0.29) is 17.6 Å². The number of esters is 3. The second-order valence-corrected chi connectivity index (χ2v) is 19.9. The SMILES string of the molecule is CC[C@]12C=CCN3CC[C@@]4(c5cc([C@@]6(C(=O)OC)C[C@H](C[C@@]7(C)CO7)CN(Cc7ccccc7)CCc7c6[nH]c6ccccc76)c(OC)cc5N(C)[C@H]4[C@@](O)(C(=O)OC)[C@@H]1OC(C)=O)[C@@H]32. The molecule has 3 aromatic carbocycles. The Bertz CT molecular complexity index is 2570. The molecule has 3 fully saturated rings. The number of likely N-dealkylation sites (N-methyl/N-ethyl adjacent to an activating group) is 1. The summed E-state index contributed by atoms with van der Waals surface area (Å²) in [6.07, 6.45) is 5.68. The zero-order valence-corrected chi connectivity index (χ0v) is 38.6. The number of anilines is 1. The Morgan fingerprint density at radius 1 is 0.954 bits per heavy atom. The van der Waals surface area contributed by atoms with Crippen molar-refractivity contribution >= 4 is 34.5 Å². The van der Waals surface area contributed by atoms with Crippen molar-refractivity contribution < 1.29 is 43.2 Å². The van der Waals surface area contributed by atoms with E-state index in [1.165, 1.54) is 26.7 Å². The van der Waals surface area contributed by atoms with Gasteiger partial charge in [-0.2, -0.15) is 0 Å². The van der Waals surface area contributed by atoms with Gasteiger partial charge in [0.05, 0.1) is 39.6 Å². The van der Waals surface area contributed by atoms with Crippen molar-refractivity contribution in [3.63, 3.8) is 0 Å². The van der Waals surface area contributed by atoms with Gasteiger partial charge in [0.25, 0.3) is 0 Å². The Kier molecular flexibility index (Phi) is 10.6. The van der Waals surface area contributed by atoms with Gasteiger partial charge in [-0.1, -0.05) is 67.6 Å². The number of benzene rings is 3. The summed E-state index contributed by atoms with van der Waals surface area (Å²) in [6.45, 7) is 9.68. The quantitative estimate of drug-likeness (QED) is 0.0856. The number of aliphatic hydroxyl groups is 1. The van der Waals surface area contributed by atoms with Gasteiger partial charge in [0.2, 0.25) is 5.60 Å². The fourth-order valence-electron chi connectivity index (χ4n) is 13.9.